The molecular weight excluding hydrogens is 355 g/mol. The van der Waals surface area contributed by atoms with Crippen molar-refractivity contribution in [2.75, 3.05) is 32.7 Å². The van der Waals surface area contributed by atoms with E-state index in [0.717, 1.165) is 26.1 Å². The second-order valence-electron chi connectivity index (χ2n) is 6.34. The molecule has 1 aromatic heterocycles. The molecular formula is C19H23FN2O3S. The fourth-order valence-electron chi connectivity index (χ4n) is 3.02. The molecule has 26 heavy (non-hydrogen) atoms. The van der Waals surface area contributed by atoms with Gasteiger partial charge in [0.2, 0.25) is 0 Å². The lowest BCUT2D eigenvalue weighted by molar-refractivity contribution is 0.0605. The molecule has 0 spiro atoms. The Morgan fingerprint density at radius 2 is 1.81 bits per heavy atom. The number of amides is 1. The van der Waals surface area contributed by atoms with Crippen LogP contribution in [0.2, 0.25) is 0 Å². The van der Waals surface area contributed by atoms with Crippen LogP contribution in [-0.2, 0) is 16.6 Å². The van der Waals surface area contributed by atoms with Crippen LogP contribution in [0.4, 0.5) is 4.39 Å². The van der Waals surface area contributed by atoms with Gasteiger partial charge in [-0.3, -0.25) is 13.9 Å². The van der Waals surface area contributed by atoms with Crippen LogP contribution in [0.25, 0.3) is 0 Å². The van der Waals surface area contributed by atoms with Crippen molar-refractivity contribution < 1.29 is 17.8 Å². The summed E-state index contributed by atoms with van der Waals surface area (Å²) in [6, 6.07) is 8.87. The fraction of sp³-hybridized carbons (Fsp3) is 0.421. The standard InChI is InChI=1S/C19H23FN2O3S/c1-2-9-21-10-12-22(13-11-21)19(23)18-8-5-16(25-18)14-26(24)17-6-3-15(20)4-7-17/h3-8H,2,9-14H2,1H3/t26-/m1/s1. The number of rotatable bonds is 6. The van der Waals surface area contributed by atoms with Gasteiger partial charge >= 0.3 is 0 Å². The average molecular weight is 378 g/mol. The van der Waals surface area contributed by atoms with Crippen LogP contribution in [0.1, 0.15) is 29.7 Å². The molecule has 0 saturated carbocycles. The molecule has 1 aromatic carbocycles. The minimum atomic E-state index is -1.35. The highest BCUT2D eigenvalue weighted by Gasteiger charge is 2.24. The maximum atomic E-state index is 13.0. The van der Waals surface area contributed by atoms with Gasteiger partial charge in [0.25, 0.3) is 5.91 Å². The monoisotopic (exact) mass is 378 g/mol. The van der Waals surface area contributed by atoms with Gasteiger partial charge in [-0.2, -0.15) is 0 Å². The highest BCUT2D eigenvalue weighted by atomic mass is 32.2. The number of halogens is 1. The van der Waals surface area contributed by atoms with E-state index in [-0.39, 0.29) is 23.2 Å². The van der Waals surface area contributed by atoms with Crippen LogP contribution in [0.3, 0.4) is 0 Å². The minimum Gasteiger partial charge on any atom is -0.455 e. The molecule has 1 aliphatic rings. The van der Waals surface area contributed by atoms with Crippen molar-refractivity contribution in [3.8, 4) is 0 Å². The molecule has 1 amide bonds. The SMILES string of the molecule is CCCN1CCN(C(=O)c2ccc(C[S@@](=O)c3ccc(F)cc3)o2)CC1. The lowest BCUT2D eigenvalue weighted by Gasteiger charge is -2.34. The second kappa shape index (κ2) is 8.60. The summed E-state index contributed by atoms with van der Waals surface area (Å²) in [5, 5.41) is 0. The quantitative estimate of drug-likeness (QED) is 0.776. The van der Waals surface area contributed by atoms with Crippen LogP contribution < -0.4 is 0 Å². The second-order valence-corrected chi connectivity index (χ2v) is 7.79. The Morgan fingerprint density at radius 3 is 2.46 bits per heavy atom. The summed E-state index contributed by atoms with van der Waals surface area (Å²) in [6.07, 6.45) is 1.11. The number of hydrogen-bond donors (Lipinski definition) is 0. The summed E-state index contributed by atoms with van der Waals surface area (Å²) >= 11 is 0. The summed E-state index contributed by atoms with van der Waals surface area (Å²) in [4.78, 5) is 17.2. The maximum Gasteiger partial charge on any atom is 0.289 e. The van der Waals surface area contributed by atoms with Crippen molar-refractivity contribution in [1.82, 2.24) is 9.80 Å². The zero-order chi connectivity index (χ0) is 18.5. The first kappa shape index (κ1) is 18.8. The minimum absolute atomic E-state index is 0.125. The van der Waals surface area contributed by atoms with Gasteiger partial charge in [0.1, 0.15) is 11.6 Å². The van der Waals surface area contributed by atoms with E-state index >= 15 is 0 Å². The third-order valence-electron chi connectivity index (χ3n) is 4.42. The Kier molecular flexibility index (Phi) is 6.21. The molecule has 1 atom stereocenters. The lowest BCUT2D eigenvalue weighted by Crippen LogP contribution is -2.48. The molecule has 140 valence electrons. The Labute approximate surface area is 155 Å². The van der Waals surface area contributed by atoms with Gasteiger partial charge in [0, 0.05) is 31.1 Å². The molecule has 7 heteroatoms. The fourth-order valence-corrected chi connectivity index (χ4v) is 4.04. The lowest BCUT2D eigenvalue weighted by atomic mass is 10.2. The summed E-state index contributed by atoms with van der Waals surface area (Å²) in [5.41, 5.74) is 0. The van der Waals surface area contributed by atoms with Gasteiger partial charge in [-0.25, -0.2) is 4.39 Å². The van der Waals surface area contributed by atoms with Gasteiger partial charge < -0.3 is 9.32 Å². The van der Waals surface area contributed by atoms with Crippen molar-refractivity contribution in [3.05, 3.63) is 53.7 Å². The maximum absolute atomic E-state index is 13.0. The number of carbonyl (C=O) groups is 1. The number of nitrogens with zero attached hydrogens (tertiary/aromatic N) is 2. The number of furan rings is 1. The predicted octanol–water partition coefficient (Wildman–Crippen LogP) is 2.89. The molecule has 1 fully saturated rings. The molecule has 1 saturated heterocycles. The molecule has 0 aliphatic carbocycles. The average Bonchev–Trinajstić information content (AvgIpc) is 3.11. The molecule has 0 bridgehead atoms. The van der Waals surface area contributed by atoms with E-state index in [1.54, 1.807) is 17.0 Å². The van der Waals surface area contributed by atoms with E-state index in [0.29, 0.717) is 23.7 Å². The molecule has 1 aliphatic heterocycles. The van der Waals surface area contributed by atoms with Crippen molar-refractivity contribution in [1.29, 1.82) is 0 Å². The summed E-state index contributed by atoms with van der Waals surface area (Å²) in [5.74, 6) is 0.430. The van der Waals surface area contributed by atoms with E-state index in [9.17, 15) is 13.4 Å². The largest absolute Gasteiger partial charge is 0.455 e. The first-order valence-electron chi connectivity index (χ1n) is 8.81. The van der Waals surface area contributed by atoms with E-state index in [2.05, 4.69) is 11.8 Å². The molecule has 0 radical (unpaired) electrons. The van der Waals surface area contributed by atoms with Crippen LogP contribution in [0.5, 0.6) is 0 Å². The highest BCUT2D eigenvalue weighted by Crippen LogP contribution is 2.17. The van der Waals surface area contributed by atoms with Gasteiger partial charge in [-0.05, 0) is 49.4 Å². The smallest absolute Gasteiger partial charge is 0.289 e. The Bertz CT molecular complexity index is 767. The van der Waals surface area contributed by atoms with Crippen molar-refractivity contribution in [2.24, 2.45) is 0 Å². The van der Waals surface area contributed by atoms with E-state index < -0.39 is 10.8 Å². The van der Waals surface area contributed by atoms with Crippen LogP contribution in [-0.4, -0.2) is 52.6 Å². The molecule has 3 rings (SSSR count). The van der Waals surface area contributed by atoms with E-state index in [1.807, 2.05) is 0 Å². The van der Waals surface area contributed by atoms with Gasteiger partial charge in [-0.15, -0.1) is 0 Å². The van der Waals surface area contributed by atoms with Crippen LogP contribution in [0.15, 0.2) is 45.7 Å². The zero-order valence-electron chi connectivity index (χ0n) is 14.8. The molecule has 2 heterocycles. The van der Waals surface area contributed by atoms with Crippen LogP contribution in [0, 0.1) is 5.82 Å². The van der Waals surface area contributed by atoms with Crippen molar-refractivity contribution in [2.45, 2.75) is 24.0 Å². The summed E-state index contributed by atoms with van der Waals surface area (Å²) in [7, 11) is -1.35. The van der Waals surface area contributed by atoms with Gasteiger partial charge in [0.15, 0.2) is 5.76 Å². The number of hydrogen-bond acceptors (Lipinski definition) is 4. The van der Waals surface area contributed by atoms with Crippen molar-refractivity contribution >= 4 is 16.7 Å². The number of benzene rings is 1. The van der Waals surface area contributed by atoms with Crippen molar-refractivity contribution in [3.63, 3.8) is 0 Å². The predicted molar refractivity (Wildman–Crippen MR) is 97.9 cm³/mol. The molecule has 0 N–H and O–H groups in total. The first-order valence-corrected chi connectivity index (χ1v) is 10.1. The molecule has 0 unspecified atom stereocenters. The third kappa shape index (κ3) is 4.59. The number of piperazine rings is 1. The Balaban J connectivity index is 1.58. The van der Waals surface area contributed by atoms with E-state index in [1.165, 1.54) is 24.3 Å². The molecule has 5 nitrogen and oxygen atoms in total. The first-order chi connectivity index (χ1) is 12.6. The van der Waals surface area contributed by atoms with Gasteiger partial charge in [0.05, 0.1) is 16.6 Å². The Hall–Kier alpha value is -1.99. The third-order valence-corrected chi connectivity index (χ3v) is 5.77. The topological polar surface area (TPSA) is 53.8 Å². The van der Waals surface area contributed by atoms with Crippen LogP contribution >= 0.6 is 0 Å². The highest BCUT2D eigenvalue weighted by molar-refractivity contribution is 7.84. The Morgan fingerprint density at radius 1 is 1.12 bits per heavy atom. The summed E-state index contributed by atoms with van der Waals surface area (Å²) < 4.78 is 30.9. The zero-order valence-corrected chi connectivity index (χ0v) is 15.6. The van der Waals surface area contributed by atoms with E-state index in [4.69, 9.17) is 4.42 Å². The van der Waals surface area contributed by atoms with Gasteiger partial charge in [-0.1, -0.05) is 6.92 Å². The normalized spacial score (nSPS) is 16.6. The number of carbonyl (C=O) groups excluding carboxylic acids is 1. The summed E-state index contributed by atoms with van der Waals surface area (Å²) in [6.45, 7) is 6.34. The molecule has 2 aromatic rings.